The van der Waals surface area contributed by atoms with Crippen LogP contribution in [0.25, 0.3) is 0 Å². The van der Waals surface area contributed by atoms with Crippen LogP contribution in [-0.2, 0) is 9.53 Å². The van der Waals surface area contributed by atoms with Crippen LogP contribution in [-0.4, -0.2) is 23.0 Å². The van der Waals surface area contributed by atoms with Crippen LogP contribution in [0.5, 0.6) is 0 Å². The lowest BCUT2D eigenvalue weighted by molar-refractivity contribution is -0.123. The maximum atomic E-state index is 12.0. The molecular weight excluding hydrogens is 304 g/mol. The van der Waals surface area contributed by atoms with Crippen molar-refractivity contribution in [1.29, 1.82) is 0 Å². The number of ether oxygens (including phenoxy) is 1. The Hall–Kier alpha value is -2.40. The number of hydrogen-bond acceptors (Lipinski definition) is 4. The molecule has 0 saturated carbocycles. The van der Waals surface area contributed by atoms with Crippen molar-refractivity contribution in [2.75, 3.05) is 5.32 Å². The quantitative estimate of drug-likeness (QED) is 0.694. The highest BCUT2D eigenvalue weighted by atomic mass is 35.5. The number of nitrogens with zero attached hydrogens (tertiary/aromatic N) is 1. The average molecular weight is 319 g/mol. The first-order valence-corrected chi connectivity index (χ1v) is 7.03. The summed E-state index contributed by atoms with van der Waals surface area (Å²) in [6.07, 6.45) is 0.469. The van der Waals surface area contributed by atoms with E-state index in [1.165, 1.54) is 25.3 Å². The number of pyridine rings is 1. The fraction of sp³-hybridized carbons (Fsp3) is 0.188. The number of nitrogens with one attached hydrogen (secondary N) is 1. The number of anilines is 1. The fourth-order valence-corrected chi connectivity index (χ4v) is 1.95. The second kappa shape index (κ2) is 7.04. The van der Waals surface area contributed by atoms with E-state index in [2.05, 4.69) is 10.3 Å². The topological polar surface area (TPSA) is 68.3 Å². The van der Waals surface area contributed by atoms with E-state index in [0.717, 1.165) is 5.56 Å². The monoisotopic (exact) mass is 318 g/mol. The van der Waals surface area contributed by atoms with Crippen molar-refractivity contribution in [3.8, 4) is 0 Å². The summed E-state index contributed by atoms with van der Waals surface area (Å²) < 4.78 is 5.12. The third kappa shape index (κ3) is 4.30. The Morgan fingerprint density at radius 3 is 2.73 bits per heavy atom. The Bertz CT molecular complexity index is 703. The first-order chi connectivity index (χ1) is 10.5. The summed E-state index contributed by atoms with van der Waals surface area (Å²) in [5, 5.41) is 2.88. The zero-order valence-corrected chi connectivity index (χ0v) is 12.9. The number of aryl methyl sites for hydroxylation is 1. The van der Waals surface area contributed by atoms with Gasteiger partial charge in [-0.3, -0.25) is 4.79 Å². The molecule has 6 heteroatoms. The van der Waals surface area contributed by atoms with Gasteiger partial charge in [-0.1, -0.05) is 23.7 Å². The van der Waals surface area contributed by atoms with Gasteiger partial charge in [0.25, 0.3) is 5.91 Å². The third-order valence-corrected chi connectivity index (χ3v) is 3.11. The lowest BCUT2D eigenvalue weighted by Crippen LogP contribution is -2.30. The Morgan fingerprint density at radius 2 is 2.05 bits per heavy atom. The van der Waals surface area contributed by atoms with Crippen molar-refractivity contribution in [2.45, 2.75) is 20.0 Å². The van der Waals surface area contributed by atoms with Crippen LogP contribution in [0.15, 0.2) is 42.6 Å². The minimum Gasteiger partial charge on any atom is -0.449 e. The molecule has 1 aromatic carbocycles. The molecule has 1 unspecified atom stereocenters. The molecule has 0 aliphatic carbocycles. The van der Waals surface area contributed by atoms with E-state index in [1.54, 1.807) is 6.07 Å². The number of hydrogen-bond donors (Lipinski definition) is 1. The van der Waals surface area contributed by atoms with Crippen molar-refractivity contribution in [3.05, 3.63) is 58.9 Å². The summed E-state index contributed by atoms with van der Waals surface area (Å²) in [5.41, 5.74) is 1.92. The summed E-state index contributed by atoms with van der Waals surface area (Å²) in [6.45, 7) is 3.43. The molecule has 0 bridgehead atoms. The second-order valence-corrected chi connectivity index (χ2v) is 5.16. The van der Waals surface area contributed by atoms with Gasteiger partial charge in [0, 0.05) is 11.9 Å². The van der Waals surface area contributed by atoms with Crippen LogP contribution >= 0.6 is 11.6 Å². The molecule has 22 heavy (non-hydrogen) atoms. The summed E-state index contributed by atoms with van der Waals surface area (Å²) in [7, 11) is 0. The van der Waals surface area contributed by atoms with E-state index >= 15 is 0 Å². The average Bonchev–Trinajstić information content (AvgIpc) is 2.47. The molecule has 114 valence electrons. The van der Waals surface area contributed by atoms with Crippen molar-refractivity contribution in [3.63, 3.8) is 0 Å². The van der Waals surface area contributed by atoms with Crippen LogP contribution < -0.4 is 5.32 Å². The Balaban J connectivity index is 1.98. The van der Waals surface area contributed by atoms with E-state index in [1.807, 2.05) is 25.1 Å². The predicted molar refractivity (Wildman–Crippen MR) is 83.9 cm³/mol. The number of benzene rings is 1. The van der Waals surface area contributed by atoms with Gasteiger partial charge in [0.05, 0.1) is 5.56 Å². The molecule has 0 saturated heterocycles. The van der Waals surface area contributed by atoms with Crippen LogP contribution in [0.1, 0.15) is 22.8 Å². The highest BCUT2D eigenvalue weighted by molar-refractivity contribution is 6.29. The molecule has 1 atom stereocenters. The van der Waals surface area contributed by atoms with Crippen molar-refractivity contribution < 1.29 is 14.3 Å². The summed E-state index contributed by atoms with van der Waals surface area (Å²) in [6, 6.07) is 10.2. The van der Waals surface area contributed by atoms with Crippen molar-refractivity contribution in [1.82, 2.24) is 4.98 Å². The van der Waals surface area contributed by atoms with Crippen LogP contribution in [0.4, 0.5) is 5.69 Å². The minimum absolute atomic E-state index is 0.186. The van der Waals surface area contributed by atoms with Gasteiger partial charge < -0.3 is 10.1 Å². The fourth-order valence-electron chi connectivity index (χ4n) is 1.78. The zero-order chi connectivity index (χ0) is 16.1. The number of amides is 1. The van der Waals surface area contributed by atoms with Gasteiger partial charge >= 0.3 is 5.97 Å². The van der Waals surface area contributed by atoms with Crippen LogP contribution in [0.3, 0.4) is 0 Å². The van der Waals surface area contributed by atoms with Crippen LogP contribution in [0.2, 0.25) is 5.15 Å². The molecule has 0 spiro atoms. The first-order valence-electron chi connectivity index (χ1n) is 6.66. The minimum atomic E-state index is -0.931. The Morgan fingerprint density at radius 1 is 1.27 bits per heavy atom. The van der Waals surface area contributed by atoms with Crippen molar-refractivity contribution in [2.24, 2.45) is 0 Å². The van der Waals surface area contributed by atoms with E-state index in [4.69, 9.17) is 16.3 Å². The lowest BCUT2D eigenvalue weighted by atomic mass is 10.2. The van der Waals surface area contributed by atoms with E-state index in [0.29, 0.717) is 5.69 Å². The molecule has 0 aliphatic rings. The van der Waals surface area contributed by atoms with Gasteiger partial charge in [-0.2, -0.15) is 0 Å². The molecule has 2 aromatic rings. The Labute approximate surface area is 133 Å². The zero-order valence-electron chi connectivity index (χ0n) is 12.2. The lowest BCUT2D eigenvalue weighted by Gasteiger charge is -2.13. The molecule has 1 amide bonds. The Kier molecular flexibility index (Phi) is 5.12. The number of carbonyl (C=O) groups is 2. The third-order valence-electron chi connectivity index (χ3n) is 2.90. The molecule has 1 aromatic heterocycles. The molecule has 1 heterocycles. The molecule has 2 rings (SSSR count). The SMILES string of the molecule is Cc1cccc(NC(=O)C(C)OC(=O)c2ccnc(Cl)c2)c1. The standard InChI is InChI=1S/C16H15ClN2O3/c1-10-4-3-5-13(8-10)19-15(20)11(2)22-16(21)12-6-7-18-14(17)9-12/h3-9,11H,1-2H3,(H,19,20). The molecule has 5 nitrogen and oxygen atoms in total. The summed E-state index contributed by atoms with van der Waals surface area (Å²) in [4.78, 5) is 27.7. The van der Waals surface area contributed by atoms with Gasteiger partial charge in [-0.25, -0.2) is 9.78 Å². The first kappa shape index (κ1) is 16.0. The highest BCUT2D eigenvalue weighted by Crippen LogP contribution is 2.12. The molecule has 0 fully saturated rings. The number of aromatic nitrogens is 1. The van der Waals surface area contributed by atoms with E-state index in [-0.39, 0.29) is 10.7 Å². The highest BCUT2D eigenvalue weighted by Gasteiger charge is 2.19. The van der Waals surface area contributed by atoms with Gasteiger partial charge in [-0.05, 0) is 43.7 Å². The van der Waals surface area contributed by atoms with Gasteiger partial charge in [-0.15, -0.1) is 0 Å². The van der Waals surface area contributed by atoms with Gasteiger partial charge in [0.15, 0.2) is 6.10 Å². The molecule has 0 radical (unpaired) electrons. The number of esters is 1. The van der Waals surface area contributed by atoms with Gasteiger partial charge in [0.1, 0.15) is 5.15 Å². The number of rotatable bonds is 4. The largest absolute Gasteiger partial charge is 0.449 e. The van der Waals surface area contributed by atoms with Crippen molar-refractivity contribution >= 4 is 29.2 Å². The number of carbonyl (C=O) groups excluding carboxylic acids is 2. The van der Waals surface area contributed by atoms with E-state index < -0.39 is 18.0 Å². The van der Waals surface area contributed by atoms with Crippen LogP contribution in [0, 0.1) is 6.92 Å². The second-order valence-electron chi connectivity index (χ2n) is 4.77. The van der Waals surface area contributed by atoms with Gasteiger partial charge in [0.2, 0.25) is 0 Å². The van der Waals surface area contributed by atoms with E-state index in [9.17, 15) is 9.59 Å². The maximum Gasteiger partial charge on any atom is 0.339 e. The number of halogens is 1. The maximum absolute atomic E-state index is 12.0. The molecular formula is C16H15ClN2O3. The predicted octanol–water partition coefficient (Wildman–Crippen LogP) is 3.23. The smallest absolute Gasteiger partial charge is 0.339 e. The summed E-state index contributed by atoms with van der Waals surface area (Å²) in [5.74, 6) is -1.03. The normalized spacial score (nSPS) is 11.6. The molecule has 1 N–H and O–H groups in total. The molecule has 0 aliphatic heterocycles. The summed E-state index contributed by atoms with van der Waals surface area (Å²) >= 11 is 5.71.